The number of hydrogen-bond donors (Lipinski definition) is 2. The molecule has 1 amide bonds. The maximum atomic E-state index is 13.6. The largest absolute Gasteiger partial charge is 0.491 e. The first kappa shape index (κ1) is 16.1. The Balaban J connectivity index is 0.00000180. The van der Waals surface area contributed by atoms with Gasteiger partial charge < -0.3 is 10.1 Å². The molecule has 0 saturated carbocycles. The molecule has 106 valence electrons. The molecule has 1 heterocycles. The van der Waals surface area contributed by atoms with Crippen LogP contribution in [-0.4, -0.2) is 30.2 Å². The molecule has 0 aliphatic carbocycles. The number of rotatable bonds is 4. The minimum atomic E-state index is -0.469. The number of hydrogen-bond acceptors (Lipinski definition) is 4. The zero-order valence-corrected chi connectivity index (χ0v) is 12.1. The first-order chi connectivity index (χ1) is 8.70. The van der Waals surface area contributed by atoms with Gasteiger partial charge in [0.2, 0.25) is 5.91 Å². The van der Waals surface area contributed by atoms with Crippen LogP contribution < -0.4 is 15.4 Å². The number of ether oxygens (including phenoxy) is 1. The maximum Gasteiger partial charge on any atom is 0.242 e. The van der Waals surface area contributed by atoms with Crippen molar-refractivity contribution in [2.45, 2.75) is 13.0 Å². The van der Waals surface area contributed by atoms with Crippen molar-refractivity contribution in [2.24, 2.45) is 0 Å². The Morgan fingerprint density at radius 1 is 1.63 bits per heavy atom. The van der Waals surface area contributed by atoms with E-state index in [0.717, 1.165) is 11.6 Å². The summed E-state index contributed by atoms with van der Waals surface area (Å²) in [5, 5.41) is 5.74. The summed E-state index contributed by atoms with van der Waals surface area (Å²) in [5.41, 5.74) is 0.444. The molecule has 0 radical (unpaired) electrons. The van der Waals surface area contributed by atoms with Gasteiger partial charge in [0.05, 0.1) is 12.6 Å². The third-order valence-corrected chi connectivity index (χ3v) is 3.47. The Bertz CT molecular complexity index is 442. The number of thioether (sulfide) groups is 1. The van der Waals surface area contributed by atoms with Gasteiger partial charge >= 0.3 is 0 Å². The maximum absolute atomic E-state index is 13.6. The van der Waals surface area contributed by atoms with Crippen molar-refractivity contribution in [3.63, 3.8) is 0 Å². The first-order valence-electron chi connectivity index (χ1n) is 5.75. The topological polar surface area (TPSA) is 50.4 Å². The number of nitrogens with one attached hydrogen (secondary N) is 2. The predicted molar refractivity (Wildman–Crippen MR) is 77.7 cm³/mol. The molecule has 1 aliphatic heterocycles. The number of carbonyl (C=O) groups is 1. The lowest BCUT2D eigenvalue weighted by atomic mass is 10.2. The lowest BCUT2D eigenvalue weighted by Crippen LogP contribution is -2.37. The van der Waals surface area contributed by atoms with Crippen LogP contribution in [0.25, 0.3) is 0 Å². The van der Waals surface area contributed by atoms with Gasteiger partial charge in [-0.25, -0.2) is 4.39 Å². The molecule has 4 nitrogen and oxygen atoms in total. The third-order valence-electron chi connectivity index (χ3n) is 2.53. The summed E-state index contributed by atoms with van der Waals surface area (Å²) in [4.78, 5) is 11.8. The SMILES string of the molecule is CCOc1ccc(NC(=O)C2CSCN2)cc1F.Cl. The first-order valence-corrected chi connectivity index (χ1v) is 6.90. The van der Waals surface area contributed by atoms with Gasteiger partial charge in [0.1, 0.15) is 0 Å². The van der Waals surface area contributed by atoms with E-state index in [2.05, 4.69) is 10.6 Å². The Hall–Kier alpha value is -0.980. The molecular weight excluding hydrogens is 291 g/mol. The average molecular weight is 307 g/mol. The molecule has 1 atom stereocenters. The quantitative estimate of drug-likeness (QED) is 0.896. The number of benzene rings is 1. The lowest BCUT2D eigenvalue weighted by molar-refractivity contribution is -0.117. The van der Waals surface area contributed by atoms with Crippen LogP contribution in [0.1, 0.15) is 6.92 Å². The van der Waals surface area contributed by atoms with Crippen molar-refractivity contribution in [3.8, 4) is 5.75 Å². The molecule has 1 aromatic rings. The van der Waals surface area contributed by atoms with Gasteiger partial charge in [-0.1, -0.05) is 0 Å². The lowest BCUT2D eigenvalue weighted by Gasteiger charge is -2.11. The van der Waals surface area contributed by atoms with Crippen molar-refractivity contribution in [2.75, 3.05) is 23.6 Å². The molecule has 1 fully saturated rings. The zero-order valence-electron chi connectivity index (χ0n) is 10.4. The summed E-state index contributed by atoms with van der Waals surface area (Å²) in [6, 6.07) is 4.22. The van der Waals surface area contributed by atoms with Crippen molar-refractivity contribution in [3.05, 3.63) is 24.0 Å². The van der Waals surface area contributed by atoms with E-state index in [4.69, 9.17) is 4.74 Å². The molecule has 0 aromatic heterocycles. The molecule has 1 unspecified atom stereocenters. The molecule has 19 heavy (non-hydrogen) atoms. The normalized spacial score (nSPS) is 17.7. The average Bonchev–Trinajstić information content (AvgIpc) is 2.86. The Morgan fingerprint density at radius 2 is 2.42 bits per heavy atom. The van der Waals surface area contributed by atoms with Crippen molar-refractivity contribution >= 4 is 35.8 Å². The van der Waals surface area contributed by atoms with E-state index in [1.807, 2.05) is 0 Å². The fourth-order valence-electron chi connectivity index (χ4n) is 1.64. The standard InChI is InChI=1S/C12H15FN2O2S.ClH/c1-2-17-11-4-3-8(5-9(11)13)15-12(16)10-6-18-7-14-10;/h3-5,10,14H,2,6-7H2,1H3,(H,15,16);1H. The summed E-state index contributed by atoms with van der Waals surface area (Å²) in [7, 11) is 0. The molecule has 0 spiro atoms. The minimum absolute atomic E-state index is 0. The second-order valence-electron chi connectivity index (χ2n) is 3.84. The van der Waals surface area contributed by atoms with E-state index < -0.39 is 5.82 Å². The third kappa shape index (κ3) is 4.26. The number of anilines is 1. The highest BCUT2D eigenvalue weighted by Gasteiger charge is 2.22. The summed E-state index contributed by atoms with van der Waals surface area (Å²) in [6.45, 7) is 2.20. The van der Waals surface area contributed by atoms with Crippen LogP contribution in [0.3, 0.4) is 0 Å². The summed E-state index contributed by atoms with van der Waals surface area (Å²) in [5.74, 6) is 1.11. The summed E-state index contributed by atoms with van der Waals surface area (Å²) in [6.07, 6.45) is 0. The highest BCUT2D eigenvalue weighted by atomic mass is 35.5. The van der Waals surface area contributed by atoms with Gasteiger partial charge in [-0.3, -0.25) is 10.1 Å². The van der Waals surface area contributed by atoms with Crippen LogP contribution >= 0.6 is 24.2 Å². The van der Waals surface area contributed by atoms with Gasteiger partial charge in [0.25, 0.3) is 0 Å². The van der Waals surface area contributed by atoms with E-state index in [1.54, 1.807) is 24.8 Å². The van der Waals surface area contributed by atoms with Crippen LogP contribution in [0, 0.1) is 5.82 Å². The van der Waals surface area contributed by atoms with Gasteiger partial charge in [0, 0.05) is 23.4 Å². The molecule has 1 saturated heterocycles. The van der Waals surface area contributed by atoms with Crippen LogP contribution in [0.15, 0.2) is 18.2 Å². The van der Waals surface area contributed by atoms with Crippen molar-refractivity contribution < 1.29 is 13.9 Å². The smallest absolute Gasteiger partial charge is 0.242 e. The predicted octanol–water partition coefficient (Wildman–Crippen LogP) is 2.25. The molecule has 2 N–H and O–H groups in total. The van der Waals surface area contributed by atoms with Crippen LogP contribution in [0.2, 0.25) is 0 Å². The number of amides is 1. The Labute approximate surface area is 121 Å². The highest BCUT2D eigenvalue weighted by Crippen LogP contribution is 2.21. The molecule has 7 heteroatoms. The van der Waals surface area contributed by atoms with Gasteiger partial charge in [-0.2, -0.15) is 0 Å². The molecule has 0 bridgehead atoms. The fourth-order valence-corrected chi connectivity index (χ4v) is 2.59. The molecule has 1 aliphatic rings. The van der Waals surface area contributed by atoms with Gasteiger partial charge in [0.15, 0.2) is 11.6 Å². The molecule has 2 rings (SSSR count). The fraction of sp³-hybridized carbons (Fsp3) is 0.417. The summed E-state index contributed by atoms with van der Waals surface area (Å²) < 4.78 is 18.7. The van der Waals surface area contributed by atoms with Crippen LogP contribution in [-0.2, 0) is 4.79 Å². The molecule has 1 aromatic carbocycles. The van der Waals surface area contributed by atoms with Crippen LogP contribution in [0.4, 0.5) is 10.1 Å². The monoisotopic (exact) mass is 306 g/mol. The van der Waals surface area contributed by atoms with E-state index in [1.165, 1.54) is 12.1 Å². The number of carbonyl (C=O) groups excluding carboxylic acids is 1. The van der Waals surface area contributed by atoms with Crippen molar-refractivity contribution in [1.29, 1.82) is 0 Å². The van der Waals surface area contributed by atoms with Gasteiger partial charge in [-0.15, -0.1) is 24.2 Å². The Kier molecular flexibility index (Phi) is 6.41. The summed E-state index contributed by atoms with van der Waals surface area (Å²) >= 11 is 1.67. The van der Waals surface area contributed by atoms with E-state index >= 15 is 0 Å². The second kappa shape index (κ2) is 7.57. The zero-order chi connectivity index (χ0) is 13.0. The van der Waals surface area contributed by atoms with Crippen molar-refractivity contribution in [1.82, 2.24) is 5.32 Å². The van der Waals surface area contributed by atoms with E-state index in [-0.39, 0.29) is 30.1 Å². The Morgan fingerprint density at radius 3 is 3.00 bits per heavy atom. The van der Waals surface area contributed by atoms with Gasteiger partial charge in [-0.05, 0) is 19.1 Å². The molecular formula is C12H16ClFN2O2S. The van der Waals surface area contributed by atoms with E-state index in [0.29, 0.717) is 12.3 Å². The van der Waals surface area contributed by atoms with Crippen LogP contribution in [0.5, 0.6) is 5.75 Å². The minimum Gasteiger partial charge on any atom is -0.491 e. The highest BCUT2D eigenvalue weighted by molar-refractivity contribution is 7.99. The van der Waals surface area contributed by atoms with E-state index in [9.17, 15) is 9.18 Å². The second-order valence-corrected chi connectivity index (χ2v) is 4.87. The number of halogens is 2.